The van der Waals surface area contributed by atoms with E-state index in [1.54, 1.807) is 72.8 Å². The summed E-state index contributed by atoms with van der Waals surface area (Å²) in [7, 11) is 0. The van der Waals surface area contributed by atoms with Crippen LogP contribution in [0.25, 0.3) is 123 Å². The number of nitrogens with zero attached hydrogens (tertiary/aromatic N) is 10. The number of H-pyrrole nitrogens is 2. The van der Waals surface area contributed by atoms with E-state index in [1.165, 1.54) is 0 Å². The summed E-state index contributed by atoms with van der Waals surface area (Å²) < 4.78 is 0. The average Bonchev–Trinajstić information content (AvgIpc) is 4.18. The largest absolute Gasteiger partial charge is 0.510 e. The first-order valence-electron chi connectivity index (χ1n) is 18.9. The lowest BCUT2D eigenvalue weighted by atomic mass is 10.0. The second-order valence-electron chi connectivity index (χ2n) is 13.7. The molecule has 0 atom stereocenters. The van der Waals surface area contributed by atoms with Crippen molar-refractivity contribution in [2.45, 2.75) is 0 Å². The van der Waals surface area contributed by atoms with E-state index < -0.39 is 11.9 Å². The summed E-state index contributed by atoms with van der Waals surface area (Å²) in [6.07, 6.45) is 7.67. The Bertz CT molecular complexity index is 2890. The molecule has 2 aliphatic rings. The van der Waals surface area contributed by atoms with Gasteiger partial charge in [-0.05, 0) is 106 Å². The Morgan fingerprint density at radius 1 is 0.438 bits per heavy atom. The van der Waals surface area contributed by atoms with Gasteiger partial charge in [-0.1, -0.05) is 83.0 Å². The van der Waals surface area contributed by atoms with Crippen molar-refractivity contribution < 1.29 is 30.9 Å². The van der Waals surface area contributed by atoms with Crippen molar-refractivity contribution in [1.82, 2.24) is 19.9 Å². The van der Waals surface area contributed by atoms with Crippen LogP contribution in [0.15, 0.2) is 132 Å². The third kappa shape index (κ3) is 8.34. The molecule has 8 N–H and O–H groups in total. The summed E-state index contributed by atoms with van der Waals surface area (Å²) in [5.41, 5.74) is 50.6. The second kappa shape index (κ2) is 18.7. The van der Waals surface area contributed by atoms with Gasteiger partial charge in [0.25, 0.3) is 0 Å². The van der Waals surface area contributed by atoms with Gasteiger partial charge in [-0.3, -0.25) is 0 Å². The fourth-order valence-corrected chi connectivity index (χ4v) is 7.47. The molecule has 0 fully saturated rings. The number of aromatic nitrogens is 4. The van der Waals surface area contributed by atoms with E-state index in [9.17, 15) is 19.8 Å². The molecular weight excluding hydrogens is 813 g/mol. The zero-order valence-electron chi connectivity index (χ0n) is 33.2. The van der Waals surface area contributed by atoms with Crippen LogP contribution in [0, 0.1) is 0 Å². The number of hydrogen-bond donors (Lipinski definition) is 6. The molecule has 0 unspecified atom stereocenters. The lowest BCUT2D eigenvalue weighted by Gasteiger charge is -2.07. The third-order valence-corrected chi connectivity index (χ3v) is 10.2. The molecule has 0 saturated carbocycles. The van der Waals surface area contributed by atoms with Gasteiger partial charge in [-0.15, -0.1) is 0 Å². The molecule has 18 heteroatoms. The predicted octanol–water partition coefficient (Wildman–Crippen LogP) is 10.1. The molecule has 9 rings (SSSR count). The quantitative estimate of drug-likeness (QED) is 0.0490. The van der Waals surface area contributed by atoms with Gasteiger partial charge in [0.2, 0.25) is 0 Å². The molecule has 0 saturated heterocycles. The van der Waals surface area contributed by atoms with Gasteiger partial charge in [0, 0.05) is 65.5 Å². The predicted molar refractivity (Wildman–Crippen MR) is 243 cm³/mol. The van der Waals surface area contributed by atoms with Gasteiger partial charge in [0.05, 0.1) is 33.9 Å². The number of carboxylic acids is 2. The third-order valence-electron chi connectivity index (χ3n) is 10.2. The number of benzene rings is 4. The molecule has 5 heterocycles. The minimum absolute atomic E-state index is 0.144. The Morgan fingerprint density at radius 3 is 0.922 bits per heavy atom. The molecular formula is C46H32N14O4. The van der Waals surface area contributed by atoms with E-state index in [1.807, 2.05) is 72.8 Å². The minimum atomic E-state index is -1.04. The SMILES string of the molecule is [N-]=[N+]=Nc1ccc(-c2c3nc(c(-c4ccc(C(=O)O)cc4)c4ccc([nH]4)c(-c4ccc(N=[N+]=[N-])cc4)c4nc(c(-c5ccc(C(=O)O)cc5)c5ccc2[nH]5)C=C4)C=C3)cc1.[N-]=[NH2+].[N-]=[NH2+]. The smallest absolute Gasteiger partial charge is 0.335 e. The summed E-state index contributed by atoms with van der Waals surface area (Å²) in [6, 6.07) is 35.4. The van der Waals surface area contributed by atoms with Gasteiger partial charge in [0.15, 0.2) is 0 Å². The molecule has 0 aliphatic carbocycles. The summed E-state index contributed by atoms with van der Waals surface area (Å²) in [5.74, 6) is -2.08. The summed E-state index contributed by atoms with van der Waals surface area (Å²) in [4.78, 5) is 47.2. The van der Waals surface area contributed by atoms with Crippen molar-refractivity contribution in [3.05, 3.63) is 187 Å². The van der Waals surface area contributed by atoms with Crippen LogP contribution in [0.2, 0.25) is 0 Å². The van der Waals surface area contributed by atoms with Crippen LogP contribution in [-0.4, -0.2) is 42.1 Å². The van der Waals surface area contributed by atoms with Crippen LogP contribution in [-0.2, 0) is 0 Å². The van der Waals surface area contributed by atoms with E-state index in [0.717, 1.165) is 44.5 Å². The maximum absolute atomic E-state index is 11.8. The van der Waals surface area contributed by atoms with Crippen molar-refractivity contribution >= 4 is 69.7 Å². The Balaban J connectivity index is 0.00000149. The lowest BCUT2D eigenvalue weighted by Crippen LogP contribution is -2.16. The summed E-state index contributed by atoms with van der Waals surface area (Å²) in [6.45, 7) is 0. The van der Waals surface area contributed by atoms with E-state index in [2.05, 4.69) is 41.1 Å². The van der Waals surface area contributed by atoms with Gasteiger partial charge < -0.3 is 42.3 Å². The number of nitrogens with one attached hydrogen (secondary N) is 2. The molecule has 18 nitrogen and oxygen atoms in total. The first-order valence-corrected chi connectivity index (χ1v) is 18.9. The maximum Gasteiger partial charge on any atom is 0.335 e. The van der Waals surface area contributed by atoms with Crippen molar-refractivity contribution in [1.29, 1.82) is 0 Å². The molecule has 4 aromatic carbocycles. The van der Waals surface area contributed by atoms with Crippen LogP contribution in [0.3, 0.4) is 0 Å². The standard InChI is InChI=1S/C46H28N10O4.2H2N2/c47-55-53-31-13-9-27(10-14-31)43-37-21-17-33(49-37)41(25-1-5-29(6-2-25)45(57)58)34-18-22-38(50-34)44(28-11-15-32(16-12-28)54-56-48)40-24-20-36(52-40)42(35-19-23-39(43)51-35)26-3-7-30(8-4-26)46(59)60;2*1-2/h1-24,49,52H,(H,57,58)(H,59,60);2*1H2. The Kier molecular flexibility index (Phi) is 12.4. The lowest BCUT2D eigenvalue weighted by molar-refractivity contribution is -0.143. The Hall–Kier alpha value is -9.76. The molecule has 3 aromatic heterocycles. The van der Waals surface area contributed by atoms with E-state index in [4.69, 9.17) is 32.1 Å². The van der Waals surface area contributed by atoms with Crippen LogP contribution < -0.4 is 11.1 Å². The second-order valence-corrected chi connectivity index (χ2v) is 13.7. The highest BCUT2D eigenvalue weighted by atomic mass is 16.4. The van der Waals surface area contributed by atoms with Crippen molar-refractivity contribution in [3.63, 3.8) is 0 Å². The van der Waals surface area contributed by atoms with Crippen LogP contribution in [0.4, 0.5) is 11.4 Å². The first kappa shape index (κ1) is 42.4. The highest BCUT2D eigenvalue weighted by Gasteiger charge is 2.19. The van der Waals surface area contributed by atoms with E-state index in [-0.39, 0.29) is 11.1 Å². The fourth-order valence-electron chi connectivity index (χ4n) is 7.47. The molecule has 0 spiro atoms. The normalized spacial score (nSPS) is 10.9. The monoisotopic (exact) mass is 844 g/mol. The number of carbonyl (C=O) groups is 2. The number of aromatic carboxylic acids is 2. The minimum Gasteiger partial charge on any atom is -0.510 e. The molecule has 0 radical (unpaired) electrons. The van der Waals surface area contributed by atoms with Gasteiger partial charge in [-0.2, -0.15) is 0 Å². The number of carboxylic acid groups (broad SMARTS) is 2. The number of aromatic amines is 2. The first-order chi connectivity index (χ1) is 31.3. The zero-order chi connectivity index (χ0) is 45.3. The summed E-state index contributed by atoms with van der Waals surface area (Å²) >= 11 is 0. The topological polar surface area (TPSA) is 325 Å². The Labute approximate surface area is 361 Å². The number of azide groups is 2. The van der Waals surface area contributed by atoms with E-state index in [0.29, 0.717) is 56.2 Å². The van der Waals surface area contributed by atoms with Crippen molar-refractivity contribution in [3.8, 4) is 44.5 Å². The highest BCUT2D eigenvalue weighted by molar-refractivity contribution is 6.00. The molecule has 8 bridgehead atoms. The van der Waals surface area contributed by atoms with Crippen LogP contribution >= 0.6 is 0 Å². The van der Waals surface area contributed by atoms with Crippen LogP contribution in [0.5, 0.6) is 0 Å². The van der Waals surface area contributed by atoms with Crippen LogP contribution in [0.1, 0.15) is 43.5 Å². The molecule has 7 aromatic rings. The number of nitrogens with two attached hydrogens (primary N) is 2. The highest BCUT2D eigenvalue weighted by Crippen LogP contribution is 2.39. The number of rotatable bonds is 8. The maximum atomic E-state index is 11.8. The molecule has 310 valence electrons. The van der Waals surface area contributed by atoms with Gasteiger partial charge in [0.1, 0.15) is 0 Å². The number of hydrogen-bond acceptors (Lipinski definition) is 6. The Morgan fingerprint density at radius 2 is 0.688 bits per heavy atom. The van der Waals surface area contributed by atoms with Crippen molar-refractivity contribution in [2.75, 3.05) is 0 Å². The average molecular weight is 845 g/mol. The number of fused-ring (bicyclic) bond motifs is 8. The fraction of sp³-hybridized carbons (Fsp3) is 0. The van der Waals surface area contributed by atoms with E-state index >= 15 is 0 Å². The molecule has 2 aliphatic heterocycles. The molecule has 64 heavy (non-hydrogen) atoms. The van der Waals surface area contributed by atoms with Crippen molar-refractivity contribution in [2.24, 2.45) is 10.2 Å². The molecule has 0 amide bonds. The van der Waals surface area contributed by atoms with Gasteiger partial charge in [-0.25, -0.2) is 19.6 Å². The zero-order valence-corrected chi connectivity index (χ0v) is 33.2. The summed E-state index contributed by atoms with van der Waals surface area (Å²) in [5, 5.41) is 26.9. The van der Waals surface area contributed by atoms with Gasteiger partial charge >= 0.3 is 11.9 Å².